The molecule has 0 aromatic carbocycles. The Morgan fingerprint density at radius 2 is 1.69 bits per heavy atom. The summed E-state index contributed by atoms with van der Waals surface area (Å²) in [4.78, 5) is 45.3. The summed E-state index contributed by atoms with van der Waals surface area (Å²) in [5, 5.41) is 0. The maximum Gasteiger partial charge on any atom is 0.410 e. The first-order valence-corrected chi connectivity index (χ1v) is 18.6. The van der Waals surface area contributed by atoms with E-state index in [9.17, 15) is 9.59 Å². The van der Waals surface area contributed by atoms with Crippen molar-refractivity contribution >= 4 is 17.8 Å². The average Bonchev–Trinajstić information content (AvgIpc) is 3.84. The number of anilines is 1. The van der Waals surface area contributed by atoms with Gasteiger partial charge in [-0.05, 0) is 114 Å². The molecule has 1 saturated heterocycles. The molecule has 3 aromatic heterocycles. The van der Waals surface area contributed by atoms with Crippen molar-refractivity contribution in [3.63, 3.8) is 0 Å². The molecule has 49 heavy (non-hydrogen) atoms. The maximum absolute atomic E-state index is 14.4. The lowest BCUT2D eigenvalue weighted by Crippen LogP contribution is -2.51. The molecule has 4 fully saturated rings. The van der Waals surface area contributed by atoms with Crippen LogP contribution in [-0.4, -0.2) is 64.7 Å². The van der Waals surface area contributed by atoms with Crippen molar-refractivity contribution < 1.29 is 23.5 Å². The Morgan fingerprint density at radius 1 is 0.939 bits per heavy atom. The molecular formula is C39H51N5O5. The van der Waals surface area contributed by atoms with Gasteiger partial charge in [0, 0.05) is 54.8 Å². The summed E-state index contributed by atoms with van der Waals surface area (Å²) >= 11 is 0. The molecule has 0 radical (unpaired) electrons. The molecule has 0 N–H and O–H groups in total. The van der Waals surface area contributed by atoms with Crippen LogP contribution in [0.3, 0.4) is 0 Å². The van der Waals surface area contributed by atoms with Gasteiger partial charge in [0.15, 0.2) is 5.89 Å². The Hall–Kier alpha value is -3.95. The number of carbonyl (C=O) groups excluding carboxylic acids is 2. The lowest BCUT2D eigenvalue weighted by Gasteiger charge is -2.40. The van der Waals surface area contributed by atoms with Crippen LogP contribution in [0.15, 0.2) is 41.1 Å². The molecule has 3 aliphatic carbocycles. The number of nitrogens with zero attached hydrogens (tertiary/aromatic N) is 5. The number of oxazole rings is 1. The molecule has 0 bridgehead atoms. The van der Waals surface area contributed by atoms with Gasteiger partial charge in [0.2, 0.25) is 5.91 Å². The average molecular weight is 670 g/mol. The van der Waals surface area contributed by atoms with Gasteiger partial charge < -0.3 is 18.8 Å². The lowest BCUT2D eigenvalue weighted by molar-refractivity contribution is -0.124. The minimum absolute atomic E-state index is 0.118. The zero-order chi connectivity index (χ0) is 33.9. The van der Waals surface area contributed by atoms with Gasteiger partial charge in [-0.3, -0.25) is 14.7 Å². The first-order chi connectivity index (χ1) is 23.9. The van der Waals surface area contributed by atoms with Crippen molar-refractivity contribution in [3.05, 3.63) is 54.0 Å². The summed E-state index contributed by atoms with van der Waals surface area (Å²) in [6, 6.07) is 8.06. The summed E-state index contributed by atoms with van der Waals surface area (Å²) in [5.74, 6) is 4.08. The molecule has 4 heterocycles. The Bertz CT molecular complexity index is 1600. The fourth-order valence-corrected chi connectivity index (χ4v) is 8.04. The van der Waals surface area contributed by atoms with E-state index in [1.807, 2.05) is 34.9 Å². The molecule has 262 valence electrons. The second kappa shape index (κ2) is 14.9. The number of hydrogen-bond acceptors (Lipinski definition) is 8. The minimum Gasteiger partial charge on any atom is -0.495 e. The zero-order valence-corrected chi connectivity index (χ0v) is 29.3. The number of ether oxygens (including phenoxy) is 2. The van der Waals surface area contributed by atoms with E-state index in [1.54, 1.807) is 19.6 Å². The predicted octanol–water partition coefficient (Wildman–Crippen LogP) is 8.06. The molecule has 10 nitrogen and oxygen atoms in total. The third-order valence-electron chi connectivity index (χ3n) is 11.2. The Kier molecular flexibility index (Phi) is 10.2. The van der Waals surface area contributed by atoms with Crippen LogP contribution < -0.4 is 9.64 Å². The van der Waals surface area contributed by atoms with E-state index in [4.69, 9.17) is 28.8 Å². The third-order valence-corrected chi connectivity index (χ3v) is 11.2. The van der Waals surface area contributed by atoms with E-state index in [1.165, 1.54) is 0 Å². The summed E-state index contributed by atoms with van der Waals surface area (Å²) in [7, 11) is 1.68. The van der Waals surface area contributed by atoms with E-state index in [2.05, 4.69) is 13.0 Å². The van der Waals surface area contributed by atoms with E-state index >= 15 is 0 Å². The highest BCUT2D eigenvalue weighted by molar-refractivity contribution is 5.94. The van der Waals surface area contributed by atoms with Crippen molar-refractivity contribution in [2.75, 3.05) is 31.6 Å². The highest BCUT2D eigenvalue weighted by Gasteiger charge is 2.37. The van der Waals surface area contributed by atoms with E-state index in [-0.39, 0.29) is 24.0 Å². The molecule has 1 aliphatic heterocycles. The number of aryl methyl sites for hydroxylation is 1. The van der Waals surface area contributed by atoms with Gasteiger partial charge in [-0.15, -0.1) is 0 Å². The van der Waals surface area contributed by atoms with Gasteiger partial charge in [-0.2, -0.15) is 0 Å². The van der Waals surface area contributed by atoms with Gasteiger partial charge >= 0.3 is 6.09 Å². The number of carbonyl (C=O) groups is 2. The fraction of sp³-hybridized carbons (Fsp3) is 0.615. The standard InChI is InChI=1S/C39H51N5O5/c1-4-5-27-21-43(22-27)39(46)49-32-14-12-30(13-15-32)38(45)44(36-20-31(18-19-40-36)34-24-48-37(42-34)29-10-11-29)23-26-6-8-28(9-7-26)33-16-17-35(47-3)25(2)41-33/h16-20,24,26-30,32H,4-15,21-23H2,1-3H3/t26-,28-,30-,32-. The van der Waals surface area contributed by atoms with Crippen molar-refractivity contribution in [1.82, 2.24) is 19.9 Å². The van der Waals surface area contributed by atoms with Crippen LogP contribution in [0.2, 0.25) is 0 Å². The Balaban J connectivity index is 1.02. The smallest absolute Gasteiger partial charge is 0.410 e. The van der Waals surface area contributed by atoms with Crippen LogP contribution >= 0.6 is 0 Å². The number of amides is 2. The molecular weight excluding hydrogens is 618 g/mol. The third kappa shape index (κ3) is 7.78. The van der Waals surface area contributed by atoms with Crippen LogP contribution in [0.25, 0.3) is 11.3 Å². The Labute approximate surface area is 290 Å². The monoisotopic (exact) mass is 669 g/mol. The van der Waals surface area contributed by atoms with Gasteiger partial charge in [0.05, 0.1) is 12.8 Å². The van der Waals surface area contributed by atoms with Crippen molar-refractivity contribution in [2.24, 2.45) is 17.8 Å². The molecule has 0 atom stereocenters. The first kappa shape index (κ1) is 33.5. The highest BCUT2D eigenvalue weighted by atomic mass is 16.6. The summed E-state index contributed by atoms with van der Waals surface area (Å²) < 4.78 is 17.1. The normalized spacial score (nSPS) is 24.3. The molecule has 0 unspecified atom stereocenters. The van der Waals surface area contributed by atoms with Crippen LogP contribution in [0.5, 0.6) is 5.75 Å². The van der Waals surface area contributed by atoms with Crippen LogP contribution in [0.4, 0.5) is 10.6 Å². The van der Waals surface area contributed by atoms with Gasteiger partial charge in [-0.1, -0.05) is 13.3 Å². The summed E-state index contributed by atoms with van der Waals surface area (Å²) in [5.41, 5.74) is 3.74. The van der Waals surface area contributed by atoms with Crippen LogP contribution in [-0.2, 0) is 9.53 Å². The Morgan fingerprint density at radius 3 is 2.39 bits per heavy atom. The second-order valence-corrected chi connectivity index (χ2v) is 14.9. The zero-order valence-electron chi connectivity index (χ0n) is 29.3. The lowest BCUT2D eigenvalue weighted by atomic mass is 9.79. The van der Waals surface area contributed by atoms with E-state index < -0.39 is 0 Å². The molecule has 3 saturated carbocycles. The molecule has 4 aliphatic rings. The van der Waals surface area contributed by atoms with Crippen LogP contribution in [0.1, 0.15) is 113 Å². The van der Waals surface area contributed by atoms with E-state index in [0.717, 1.165) is 98.7 Å². The highest BCUT2D eigenvalue weighted by Crippen LogP contribution is 2.41. The summed E-state index contributed by atoms with van der Waals surface area (Å²) in [6.07, 6.45) is 14.7. The second-order valence-electron chi connectivity index (χ2n) is 14.9. The number of aromatic nitrogens is 3. The minimum atomic E-state index is -0.196. The topological polar surface area (TPSA) is 111 Å². The predicted molar refractivity (Wildman–Crippen MR) is 186 cm³/mol. The molecule has 0 spiro atoms. The molecule has 10 heteroatoms. The number of hydrogen-bond donors (Lipinski definition) is 0. The van der Waals surface area contributed by atoms with Gasteiger partial charge in [0.1, 0.15) is 29.6 Å². The largest absolute Gasteiger partial charge is 0.495 e. The van der Waals surface area contributed by atoms with Gasteiger partial charge in [0.25, 0.3) is 0 Å². The molecule has 2 amide bonds. The van der Waals surface area contributed by atoms with E-state index in [0.29, 0.717) is 61.7 Å². The van der Waals surface area contributed by atoms with Crippen molar-refractivity contribution in [2.45, 2.75) is 109 Å². The fourth-order valence-electron chi connectivity index (χ4n) is 8.04. The number of likely N-dealkylation sites (tertiary alicyclic amines) is 1. The number of rotatable bonds is 11. The van der Waals surface area contributed by atoms with Gasteiger partial charge in [-0.25, -0.2) is 14.8 Å². The first-order valence-electron chi connectivity index (χ1n) is 18.6. The summed E-state index contributed by atoms with van der Waals surface area (Å²) in [6.45, 7) is 6.41. The molecule has 3 aromatic rings. The number of methoxy groups -OCH3 is 1. The number of pyridine rings is 2. The maximum atomic E-state index is 14.4. The molecule has 7 rings (SSSR count). The van der Waals surface area contributed by atoms with Crippen LogP contribution in [0, 0.1) is 24.7 Å². The van der Waals surface area contributed by atoms with Crippen molar-refractivity contribution in [3.8, 4) is 17.0 Å². The van der Waals surface area contributed by atoms with Crippen molar-refractivity contribution in [1.29, 1.82) is 0 Å². The quantitative estimate of drug-likeness (QED) is 0.202. The SMILES string of the molecule is CCCC1CN(C(=O)O[C@H]2CC[C@H](C(=O)N(C[C@H]3CC[C@H](c4ccc(OC)c(C)n4)CC3)c3cc(-c4coc(C5CC5)n4)ccn3)CC2)C1.